The third-order valence-electron chi connectivity index (χ3n) is 6.44. The molecule has 0 aliphatic rings. The third-order valence-corrected chi connectivity index (χ3v) is 6.44. The van der Waals surface area contributed by atoms with Crippen molar-refractivity contribution in [2.45, 2.75) is 67.0 Å². The maximum absolute atomic E-state index is 8.93. The highest BCUT2D eigenvalue weighted by molar-refractivity contribution is 6.17. The van der Waals surface area contributed by atoms with Crippen molar-refractivity contribution in [3.05, 3.63) is 71.2 Å². The molecular weight excluding hydrogens is 456 g/mol. The number of furan rings is 1. The minimum Gasteiger partial charge on any atom is -0.455 e. The summed E-state index contributed by atoms with van der Waals surface area (Å²) in [5.74, 6) is 0.596. The Morgan fingerprint density at radius 2 is 1.68 bits per heavy atom. The Morgan fingerprint density at radius 3 is 2.41 bits per heavy atom. The quantitative estimate of drug-likeness (QED) is 0.238. The van der Waals surface area contributed by atoms with Gasteiger partial charge in [-0.05, 0) is 77.9 Å². The van der Waals surface area contributed by atoms with Crippen LogP contribution in [0.1, 0.15) is 75.1 Å². The smallest absolute Gasteiger partial charge is 0.200 e. The number of hydrogen-bond acceptors (Lipinski definition) is 4. The summed E-state index contributed by atoms with van der Waals surface area (Å²) in [5.41, 5.74) is 1.35. The molecule has 0 unspecified atom stereocenters. The van der Waals surface area contributed by atoms with Crippen molar-refractivity contribution < 1.29 is 19.8 Å². The average Bonchev–Trinajstić information content (AvgIpc) is 3.51. The van der Waals surface area contributed by atoms with Gasteiger partial charge in [0.05, 0.1) is 5.69 Å². The number of benzene rings is 3. The molecule has 4 nitrogen and oxygen atoms in total. The molecule has 0 radical (unpaired) electrons. The molecule has 0 aliphatic carbocycles. The van der Waals surface area contributed by atoms with Gasteiger partial charge in [0.2, 0.25) is 5.89 Å². The normalized spacial score (nSPS) is 17.2. The van der Waals surface area contributed by atoms with E-state index in [1.165, 1.54) is 18.3 Å². The van der Waals surface area contributed by atoms with Crippen LogP contribution in [0.3, 0.4) is 0 Å². The number of pyridine rings is 1. The van der Waals surface area contributed by atoms with Crippen LogP contribution in [0.15, 0.2) is 57.5 Å². The first-order valence-electron chi connectivity index (χ1n) is 16.3. The van der Waals surface area contributed by atoms with Crippen LogP contribution < -0.4 is 0 Å². The molecule has 6 rings (SSSR count). The van der Waals surface area contributed by atoms with Crippen molar-refractivity contribution in [3.8, 4) is 11.3 Å². The third kappa shape index (κ3) is 3.99. The molecule has 6 aromatic rings. The summed E-state index contributed by atoms with van der Waals surface area (Å²) in [7, 11) is 0. The van der Waals surface area contributed by atoms with Crippen LogP contribution >= 0.6 is 0 Å². The van der Waals surface area contributed by atoms with Crippen LogP contribution in [0, 0.1) is 19.1 Å². The van der Waals surface area contributed by atoms with E-state index >= 15 is 0 Å². The number of hydrogen-bond donors (Lipinski definition) is 0. The topological polar surface area (TPSA) is 52.1 Å². The summed E-state index contributed by atoms with van der Waals surface area (Å²) in [6.07, 6.45) is -0.846. The molecule has 0 N–H and O–H groups in total. The zero-order chi connectivity index (χ0) is 33.1. The van der Waals surface area contributed by atoms with Crippen LogP contribution in [0.25, 0.3) is 55.1 Å². The summed E-state index contributed by atoms with van der Waals surface area (Å²) < 4.78 is 79.6. The highest BCUT2D eigenvalue weighted by Gasteiger charge is 2.23. The van der Waals surface area contributed by atoms with Gasteiger partial charge in [0.1, 0.15) is 16.7 Å². The van der Waals surface area contributed by atoms with E-state index in [1.807, 2.05) is 45.0 Å². The van der Waals surface area contributed by atoms with Gasteiger partial charge in [-0.3, -0.25) is 4.98 Å². The second-order valence-electron chi connectivity index (χ2n) is 11.7. The minimum absolute atomic E-state index is 0.00254. The Bertz CT molecular complexity index is 2140. The van der Waals surface area contributed by atoms with Crippen LogP contribution in [-0.4, -0.2) is 9.97 Å². The van der Waals surface area contributed by atoms with Gasteiger partial charge in [0, 0.05) is 44.3 Å². The van der Waals surface area contributed by atoms with E-state index in [0.717, 1.165) is 10.8 Å². The molecule has 0 fully saturated rings. The molecule has 0 saturated heterocycles. The lowest BCUT2D eigenvalue weighted by molar-refractivity contribution is 0.410. The lowest BCUT2D eigenvalue weighted by Crippen LogP contribution is -2.10. The van der Waals surface area contributed by atoms with Gasteiger partial charge in [-0.2, -0.15) is 0 Å². The van der Waals surface area contributed by atoms with E-state index in [0.29, 0.717) is 38.9 Å². The van der Waals surface area contributed by atoms with Gasteiger partial charge >= 0.3 is 0 Å². The molecule has 4 heteroatoms. The zero-order valence-electron chi connectivity index (χ0n) is 29.8. The fourth-order valence-electron chi connectivity index (χ4n) is 4.72. The number of aryl methyl sites for hydroxylation is 2. The number of fused-ring (bicyclic) bond motifs is 6. The van der Waals surface area contributed by atoms with Crippen molar-refractivity contribution in [1.82, 2.24) is 9.97 Å². The fraction of sp³-hybridized carbons (Fsp3) is 0.333. The molecule has 0 bridgehead atoms. The van der Waals surface area contributed by atoms with Crippen molar-refractivity contribution >= 4 is 43.8 Å². The monoisotopic (exact) mass is 498 g/mol. The molecule has 0 atom stereocenters. The first kappa shape index (κ1) is 16.2. The van der Waals surface area contributed by atoms with E-state index in [-0.39, 0.29) is 33.4 Å². The number of aromatic nitrogens is 2. The van der Waals surface area contributed by atoms with Crippen LogP contribution in [0.2, 0.25) is 0 Å². The van der Waals surface area contributed by atoms with Crippen molar-refractivity contribution in [1.29, 1.82) is 0 Å². The first-order valence-corrected chi connectivity index (χ1v) is 12.3. The van der Waals surface area contributed by atoms with Crippen LogP contribution in [0.4, 0.5) is 0 Å². The lowest BCUT2D eigenvalue weighted by atomic mass is 9.86. The molecule has 3 heterocycles. The Hall–Kier alpha value is -3.66. The van der Waals surface area contributed by atoms with Gasteiger partial charge in [-0.15, -0.1) is 0 Å². The van der Waals surface area contributed by atoms with Gasteiger partial charge in [0.25, 0.3) is 0 Å². The maximum Gasteiger partial charge on any atom is 0.200 e. The molecule has 188 valence electrons. The fourth-order valence-corrected chi connectivity index (χ4v) is 4.72. The second kappa shape index (κ2) is 7.92. The molecule has 0 aliphatic heterocycles. The molecule has 3 aromatic carbocycles. The van der Waals surface area contributed by atoms with E-state index in [9.17, 15) is 0 Å². The summed E-state index contributed by atoms with van der Waals surface area (Å²) in [6.45, 7) is 6.12. The summed E-state index contributed by atoms with van der Waals surface area (Å²) >= 11 is 0. The largest absolute Gasteiger partial charge is 0.455 e. The standard InChI is InChI=1S/C33H34N2O2/c1-18-9-11-22(26-14-21(16-32(3,4)5)19(2)17-34-26)30-28(18)24-13-20-10-12-25-29(23(20)15-27(24)36-30)37-31(35-25)33(6,7)8/h9-15,17H,16H2,1-8H3/i1D3,2D3,16D2. The van der Waals surface area contributed by atoms with Gasteiger partial charge in [0.15, 0.2) is 5.58 Å². The summed E-state index contributed by atoms with van der Waals surface area (Å²) in [4.78, 5) is 9.13. The molecule has 0 amide bonds. The number of oxazole rings is 1. The van der Waals surface area contributed by atoms with E-state index in [4.69, 9.17) is 19.8 Å². The Kier molecular flexibility index (Phi) is 3.47. The highest BCUT2D eigenvalue weighted by atomic mass is 16.4. The number of nitrogens with zero attached hydrogens (tertiary/aromatic N) is 2. The average molecular weight is 499 g/mol. The zero-order valence-corrected chi connectivity index (χ0v) is 21.8. The van der Waals surface area contributed by atoms with E-state index < -0.39 is 25.5 Å². The van der Waals surface area contributed by atoms with Gasteiger partial charge in [-0.25, -0.2) is 4.98 Å². The van der Waals surface area contributed by atoms with E-state index in [2.05, 4.69) is 9.97 Å². The van der Waals surface area contributed by atoms with Crippen LogP contribution in [-0.2, 0) is 11.8 Å². The van der Waals surface area contributed by atoms with Crippen molar-refractivity contribution in [2.24, 2.45) is 5.41 Å². The Morgan fingerprint density at radius 1 is 0.865 bits per heavy atom. The summed E-state index contributed by atoms with van der Waals surface area (Å²) in [5, 5.41) is 2.56. The van der Waals surface area contributed by atoms with Gasteiger partial charge in [-0.1, -0.05) is 53.7 Å². The predicted molar refractivity (Wildman–Crippen MR) is 153 cm³/mol. The Labute approximate surface area is 228 Å². The minimum atomic E-state index is -2.60. The first-order chi connectivity index (χ1) is 20.6. The second-order valence-corrected chi connectivity index (χ2v) is 11.7. The highest BCUT2D eigenvalue weighted by Crippen LogP contribution is 2.41. The lowest BCUT2D eigenvalue weighted by Gasteiger charge is -2.20. The molecule has 0 spiro atoms. The number of rotatable bonds is 2. The Balaban J connectivity index is 1.68. The van der Waals surface area contributed by atoms with Crippen molar-refractivity contribution in [2.75, 3.05) is 0 Å². The predicted octanol–water partition coefficient (Wildman–Crippen LogP) is 9.45. The van der Waals surface area contributed by atoms with Crippen molar-refractivity contribution in [3.63, 3.8) is 0 Å². The van der Waals surface area contributed by atoms with Gasteiger partial charge < -0.3 is 8.83 Å². The molecular formula is C33H34N2O2. The summed E-state index contributed by atoms with van der Waals surface area (Å²) in [6, 6.07) is 12.0. The van der Waals surface area contributed by atoms with Crippen LogP contribution in [0.5, 0.6) is 0 Å². The molecule has 0 saturated carbocycles. The maximum atomic E-state index is 8.93. The SMILES string of the molecule is [2H]C([2H])([2H])c1cnc(-c2ccc(C([2H])([2H])[2H])c3c2oc2cc4c(ccc5nc(C(C)(C)C)oc54)cc23)cc1C([2H])([2H])C(C)(C)C. The molecule has 3 aromatic heterocycles. The van der Waals surface area contributed by atoms with E-state index in [1.54, 1.807) is 26.8 Å². The molecule has 37 heavy (non-hydrogen) atoms.